The zero-order chi connectivity index (χ0) is 67.4. The number of primary amides is 1. The molecule has 0 bridgehead atoms. The van der Waals surface area contributed by atoms with Crippen molar-refractivity contribution >= 4 is 65.0 Å². The van der Waals surface area contributed by atoms with Crippen molar-refractivity contribution in [3.05, 3.63) is 167 Å². The molecule has 0 fully saturated rings. The first-order chi connectivity index (χ1) is 43.8. The molecule has 0 aromatic heterocycles. The number of aliphatic hydroxyl groups excluding tert-OH is 1. The van der Waals surface area contributed by atoms with E-state index in [-0.39, 0.29) is 50.0 Å². The van der Waals surface area contributed by atoms with Gasteiger partial charge in [0.15, 0.2) is 0 Å². The molecule has 92 heavy (non-hydrogen) atoms. The Morgan fingerprint density at radius 1 is 0.424 bits per heavy atom. The zero-order valence-electron chi connectivity index (χ0n) is 51.6. The van der Waals surface area contributed by atoms with Gasteiger partial charge in [-0.2, -0.15) is 0 Å². The Morgan fingerprint density at radius 3 is 1.17 bits per heavy atom. The Kier molecular flexibility index (Phi) is 28.7. The van der Waals surface area contributed by atoms with Crippen LogP contribution in [0.25, 0.3) is 0 Å². The lowest BCUT2D eigenvalue weighted by molar-refractivity contribution is -0.143. The van der Waals surface area contributed by atoms with Crippen LogP contribution >= 0.6 is 0 Å². The SMILES string of the molecule is CC[C@H](C)[C@H](NC(=O)[C@H](CCC(N)=O)NC(=O)[C@H](Cc1ccccc1)NC(=O)[C@H](Cc1ccc(O)cc1)NC(=O)CNC(=O)[C@@H](N)Cc1ccccc1)C(=O)N[C@@H](Cc1ccc(O)cc1)C(=O)N[C@H](C(=O)N[C@@H](Cc1ccccc1)C(=O)N[C@@H](CO)C(=O)O)C(C)C. The lowest BCUT2D eigenvalue weighted by Crippen LogP contribution is -2.62. The number of aliphatic hydroxyl groups is 1. The number of hydrogen-bond acceptors (Lipinski definition) is 15. The summed E-state index contributed by atoms with van der Waals surface area (Å²) in [4.78, 5) is 152. The molecule has 0 saturated heterocycles. The van der Waals surface area contributed by atoms with Gasteiger partial charge in [-0.25, -0.2) is 4.79 Å². The topological polar surface area (TPSA) is 429 Å². The van der Waals surface area contributed by atoms with Crippen molar-refractivity contribution in [1.29, 1.82) is 0 Å². The largest absolute Gasteiger partial charge is 0.508 e. The van der Waals surface area contributed by atoms with Crippen LogP contribution in [-0.2, 0) is 84.8 Å². The van der Waals surface area contributed by atoms with E-state index in [2.05, 4.69) is 47.9 Å². The highest BCUT2D eigenvalue weighted by molar-refractivity contribution is 5.99. The van der Waals surface area contributed by atoms with Crippen LogP contribution in [0, 0.1) is 11.8 Å². The van der Waals surface area contributed by atoms with Crippen LogP contribution in [0.3, 0.4) is 0 Å². The summed E-state index contributed by atoms with van der Waals surface area (Å²) in [6.07, 6.45) is -1.15. The highest BCUT2D eigenvalue weighted by Crippen LogP contribution is 2.17. The third-order valence-electron chi connectivity index (χ3n) is 15.1. The molecular weight excluding hydrogens is 1190 g/mol. The van der Waals surface area contributed by atoms with E-state index < -0.39 is 157 Å². The van der Waals surface area contributed by atoms with Crippen LogP contribution in [-0.4, -0.2) is 153 Å². The molecular formula is C66H83N11O15. The number of aromatic hydroxyl groups is 2. The van der Waals surface area contributed by atoms with Crippen molar-refractivity contribution in [3.8, 4) is 11.5 Å². The maximum Gasteiger partial charge on any atom is 0.328 e. The fraction of sp³-hybridized carbons (Fsp3) is 0.379. The normalized spacial score (nSPS) is 14.3. The number of carboxylic acid groups (broad SMARTS) is 1. The van der Waals surface area contributed by atoms with Gasteiger partial charge in [-0.1, -0.05) is 149 Å². The molecule has 17 N–H and O–H groups in total. The highest BCUT2D eigenvalue weighted by atomic mass is 16.4. The van der Waals surface area contributed by atoms with Crippen LogP contribution in [0.1, 0.15) is 74.8 Å². The number of nitrogens with one attached hydrogen (secondary N) is 9. The van der Waals surface area contributed by atoms with E-state index in [1.165, 1.54) is 48.5 Å². The Labute approximate surface area is 532 Å². The van der Waals surface area contributed by atoms with E-state index >= 15 is 0 Å². The Hall–Kier alpha value is -10.2. The number of carbonyl (C=O) groups excluding carboxylic acids is 10. The summed E-state index contributed by atoms with van der Waals surface area (Å²) in [6, 6.07) is 24.3. The van der Waals surface area contributed by atoms with Gasteiger partial charge in [0.1, 0.15) is 59.8 Å². The number of amides is 10. The van der Waals surface area contributed by atoms with Crippen molar-refractivity contribution in [3.63, 3.8) is 0 Å². The molecule has 0 radical (unpaired) electrons. The molecule has 0 heterocycles. The Bertz CT molecular complexity index is 3290. The van der Waals surface area contributed by atoms with E-state index in [1.807, 2.05) is 6.07 Å². The molecule has 0 aliphatic heterocycles. The van der Waals surface area contributed by atoms with E-state index in [9.17, 15) is 73.2 Å². The number of carbonyl (C=O) groups is 11. The summed E-state index contributed by atoms with van der Waals surface area (Å²) in [5, 5.41) is 62.6. The molecule has 5 aromatic rings. The number of hydrogen-bond donors (Lipinski definition) is 15. The first-order valence-electron chi connectivity index (χ1n) is 30.1. The number of rotatable bonds is 36. The summed E-state index contributed by atoms with van der Waals surface area (Å²) in [5.41, 5.74) is 14.5. The fourth-order valence-electron chi connectivity index (χ4n) is 9.60. The van der Waals surface area contributed by atoms with Crippen molar-refractivity contribution < 1.29 is 73.2 Å². The summed E-state index contributed by atoms with van der Waals surface area (Å²) < 4.78 is 0. The Morgan fingerprint density at radius 2 is 0.772 bits per heavy atom. The van der Waals surface area contributed by atoms with E-state index in [0.717, 1.165) is 5.56 Å². The second kappa shape index (κ2) is 36.4. The molecule has 0 saturated carbocycles. The first-order valence-corrected chi connectivity index (χ1v) is 30.1. The van der Waals surface area contributed by atoms with Gasteiger partial charge in [0.2, 0.25) is 59.1 Å². The summed E-state index contributed by atoms with van der Waals surface area (Å²) in [7, 11) is 0. The van der Waals surface area contributed by atoms with Crippen LogP contribution in [0.15, 0.2) is 140 Å². The number of benzene rings is 5. The molecule has 10 atom stereocenters. The minimum Gasteiger partial charge on any atom is -0.508 e. The smallest absolute Gasteiger partial charge is 0.328 e. The highest BCUT2D eigenvalue weighted by Gasteiger charge is 2.37. The number of carboxylic acids is 1. The molecule has 5 rings (SSSR count). The molecule has 5 aromatic carbocycles. The average molecular weight is 1270 g/mol. The number of phenolic OH excluding ortho intramolecular Hbond substituents is 2. The van der Waals surface area contributed by atoms with Gasteiger partial charge in [0, 0.05) is 32.1 Å². The minimum atomic E-state index is -1.71. The third kappa shape index (κ3) is 24.0. The van der Waals surface area contributed by atoms with Crippen molar-refractivity contribution in [2.24, 2.45) is 23.3 Å². The van der Waals surface area contributed by atoms with Crippen LogP contribution in [0.2, 0.25) is 0 Å². The van der Waals surface area contributed by atoms with Gasteiger partial charge in [-0.3, -0.25) is 47.9 Å². The maximum absolute atomic E-state index is 14.7. The maximum atomic E-state index is 14.7. The molecule has 0 aliphatic carbocycles. The summed E-state index contributed by atoms with van der Waals surface area (Å²) in [6.45, 7) is 5.02. The molecule has 492 valence electrons. The molecule has 26 nitrogen and oxygen atoms in total. The van der Waals surface area contributed by atoms with Gasteiger partial charge in [0.25, 0.3) is 0 Å². The molecule has 26 heteroatoms. The lowest BCUT2D eigenvalue weighted by Gasteiger charge is -2.30. The minimum absolute atomic E-state index is 0.0763. The third-order valence-corrected chi connectivity index (χ3v) is 15.1. The lowest BCUT2D eigenvalue weighted by atomic mass is 9.96. The van der Waals surface area contributed by atoms with Crippen LogP contribution in [0.4, 0.5) is 0 Å². The summed E-state index contributed by atoms with van der Waals surface area (Å²) >= 11 is 0. The van der Waals surface area contributed by atoms with Crippen molar-refractivity contribution in [2.45, 2.75) is 133 Å². The van der Waals surface area contributed by atoms with Gasteiger partial charge in [-0.05, 0) is 76.8 Å². The number of nitrogens with two attached hydrogens (primary N) is 2. The Balaban J connectivity index is 1.39. The van der Waals surface area contributed by atoms with E-state index in [1.54, 1.807) is 113 Å². The predicted molar refractivity (Wildman–Crippen MR) is 338 cm³/mol. The van der Waals surface area contributed by atoms with Gasteiger partial charge in [0.05, 0.1) is 19.2 Å². The second-order valence-corrected chi connectivity index (χ2v) is 22.7. The van der Waals surface area contributed by atoms with E-state index in [4.69, 9.17) is 11.5 Å². The molecule has 0 unspecified atom stereocenters. The van der Waals surface area contributed by atoms with Crippen molar-refractivity contribution in [1.82, 2.24) is 47.9 Å². The van der Waals surface area contributed by atoms with Gasteiger partial charge in [-0.15, -0.1) is 0 Å². The fourth-order valence-corrected chi connectivity index (χ4v) is 9.60. The standard InChI is InChI=1S/C66H83N11O15/c1-5-39(4)57(65(90)74-52(35-44-23-27-46(80)28-24-44)63(88)76-56(38(2)3)64(89)73-51(33-42-19-13-8-14-20-42)62(87)75-53(37-78)66(91)92)77-59(84)48(29-30-54(68)81)71-61(86)50(32-41-17-11-7-12-18-41)72-60(85)49(34-43-21-25-45(79)26-22-43)70-55(82)36-69-58(83)47(67)31-40-15-9-6-10-16-40/h6-28,38-39,47-53,56-57,78-80H,5,29-37,67H2,1-4H3,(H2,68,81)(H,69,83)(H,70,82)(H,71,86)(H,72,85)(H,73,89)(H,74,90)(H,75,87)(H,76,88)(H,77,84)(H,91,92)/t39-,47-,48-,49-,50-,51-,52-,53-,56-,57-/m0/s1. The molecule has 10 amide bonds. The predicted octanol–water partition coefficient (Wildman–Crippen LogP) is -0.0225. The quantitative estimate of drug-likeness (QED) is 0.0251. The monoisotopic (exact) mass is 1270 g/mol. The number of phenols is 2. The number of aliphatic carboxylic acids is 1. The molecule has 0 aliphatic rings. The second-order valence-electron chi connectivity index (χ2n) is 22.7. The van der Waals surface area contributed by atoms with Crippen LogP contribution in [0.5, 0.6) is 11.5 Å². The van der Waals surface area contributed by atoms with Gasteiger partial charge >= 0.3 is 5.97 Å². The zero-order valence-corrected chi connectivity index (χ0v) is 51.6. The van der Waals surface area contributed by atoms with E-state index in [0.29, 0.717) is 22.3 Å². The first kappa shape index (κ1) is 72.5. The average Bonchev–Trinajstić information content (AvgIpc) is 1.56. The van der Waals surface area contributed by atoms with Gasteiger partial charge < -0.3 is 79.7 Å². The van der Waals surface area contributed by atoms with Crippen molar-refractivity contribution in [2.75, 3.05) is 13.2 Å². The van der Waals surface area contributed by atoms with Crippen LogP contribution < -0.4 is 59.3 Å². The molecule has 0 spiro atoms. The summed E-state index contributed by atoms with van der Waals surface area (Å²) in [5.74, 6) is -11.8.